The van der Waals surface area contributed by atoms with Gasteiger partial charge in [0.2, 0.25) is 0 Å². The Hall–Kier alpha value is 2.19. The Balaban J connectivity index is 2.72. The quantitative estimate of drug-likeness (QED) is 0.348. The van der Waals surface area contributed by atoms with Gasteiger partial charge in [0, 0.05) is 0 Å². The van der Waals surface area contributed by atoms with Crippen LogP contribution in [0.4, 0.5) is 0 Å². The predicted octanol–water partition coefficient (Wildman–Crippen LogP) is 3.79. The van der Waals surface area contributed by atoms with E-state index in [-0.39, 0.29) is 0 Å². The standard InChI is InChI=1S/C5H9I3/c6-4-2-1-3-5(7)8/h5H,1-4H2. The van der Waals surface area contributed by atoms with E-state index in [2.05, 4.69) is 67.8 Å². The van der Waals surface area contributed by atoms with Crippen molar-refractivity contribution < 1.29 is 0 Å². The first kappa shape index (κ1) is 10.2. The molecule has 0 saturated heterocycles. The molecule has 0 bridgehead atoms. The monoisotopic (exact) mass is 450 g/mol. The average Bonchev–Trinajstić information content (AvgIpc) is 1.66. The van der Waals surface area contributed by atoms with Gasteiger partial charge in [-0.1, -0.05) is 74.2 Å². The smallest absolute Gasteiger partial charge is 0.0626 e. The van der Waals surface area contributed by atoms with E-state index in [1.54, 1.807) is 0 Å². The van der Waals surface area contributed by atoms with Gasteiger partial charge in [-0.05, 0) is 17.3 Å². The minimum Gasteiger partial charge on any atom is -0.0864 e. The minimum absolute atomic E-state index is 0.841. The first-order chi connectivity index (χ1) is 3.77. The summed E-state index contributed by atoms with van der Waals surface area (Å²) in [6.45, 7) is 0. The highest BCUT2D eigenvalue weighted by molar-refractivity contribution is 14.2. The fraction of sp³-hybridized carbons (Fsp3) is 1.00. The van der Waals surface area contributed by atoms with Gasteiger partial charge in [-0.2, -0.15) is 0 Å². The van der Waals surface area contributed by atoms with Crippen molar-refractivity contribution in [2.75, 3.05) is 4.43 Å². The third kappa shape index (κ3) is 8.19. The summed E-state index contributed by atoms with van der Waals surface area (Å²) in [4.78, 5) is 0. The Morgan fingerprint density at radius 2 is 1.75 bits per heavy atom. The fourth-order valence-electron chi connectivity index (χ4n) is 0.393. The summed E-state index contributed by atoms with van der Waals surface area (Å²) in [5, 5.41) is 0. The third-order valence-corrected chi connectivity index (χ3v) is 2.81. The van der Waals surface area contributed by atoms with Gasteiger partial charge in [0.1, 0.15) is 0 Å². The summed E-state index contributed by atoms with van der Waals surface area (Å²) in [5.41, 5.74) is 0. The molecule has 0 spiro atoms. The molecule has 0 aliphatic carbocycles. The Bertz CT molecular complexity index is 44.9. The van der Waals surface area contributed by atoms with Crippen LogP contribution in [0.3, 0.4) is 0 Å². The second kappa shape index (κ2) is 7.30. The lowest BCUT2D eigenvalue weighted by Crippen LogP contribution is -1.84. The second-order valence-electron chi connectivity index (χ2n) is 1.58. The van der Waals surface area contributed by atoms with Crippen LogP contribution in [0.15, 0.2) is 0 Å². The lowest BCUT2D eigenvalue weighted by molar-refractivity contribution is 0.791. The molecule has 0 aliphatic heterocycles. The molecule has 8 heavy (non-hydrogen) atoms. The summed E-state index contributed by atoms with van der Waals surface area (Å²) in [6, 6.07) is 0. The van der Waals surface area contributed by atoms with Crippen molar-refractivity contribution in [1.29, 1.82) is 0 Å². The van der Waals surface area contributed by atoms with E-state index in [4.69, 9.17) is 0 Å². The van der Waals surface area contributed by atoms with Gasteiger partial charge in [-0.15, -0.1) is 0 Å². The normalized spacial score (nSPS) is 10.5. The number of rotatable bonds is 4. The van der Waals surface area contributed by atoms with Crippen molar-refractivity contribution >= 4 is 67.8 Å². The van der Waals surface area contributed by atoms with Crippen molar-refractivity contribution in [1.82, 2.24) is 0 Å². The zero-order chi connectivity index (χ0) is 6.41. The van der Waals surface area contributed by atoms with Gasteiger partial charge < -0.3 is 0 Å². The van der Waals surface area contributed by atoms with E-state index in [0.29, 0.717) is 0 Å². The number of alkyl halides is 3. The van der Waals surface area contributed by atoms with Crippen LogP contribution >= 0.6 is 67.8 Å². The maximum absolute atomic E-state index is 2.47. The fourth-order valence-corrected chi connectivity index (χ4v) is 1.81. The molecule has 0 amide bonds. The molecule has 0 rings (SSSR count). The summed E-state index contributed by atoms with van der Waals surface area (Å²) in [7, 11) is 0. The summed E-state index contributed by atoms with van der Waals surface area (Å²) in [6.07, 6.45) is 4.17. The Labute approximate surface area is 92.0 Å². The molecule has 0 aliphatic rings. The molecule has 0 atom stereocenters. The summed E-state index contributed by atoms with van der Waals surface area (Å²) >= 11 is 7.36. The van der Waals surface area contributed by atoms with Gasteiger partial charge in [0.15, 0.2) is 0 Å². The average molecular weight is 450 g/mol. The molecule has 0 aromatic carbocycles. The SMILES string of the molecule is ICCCCC(I)I. The molecule has 0 aromatic heterocycles. The van der Waals surface area contributed by atoms with Gasteiger partial charge in [-0.25, -0.2) is 0 Å². The van der Waals surface area contributed by atoms with Crippen molar-refractivity contribution in [2.24, 2.45) is 0 Å². The Kier molecular flexibility index (Phi) is 9.30. The Morgan fingerprint density at radius 1 is 1.12 bits per heavy atom. The molecule has 0 fully saturated rings. The molecular weight excluding hydrogens is 441 g/mol. The topological polar surface area (TPSA) is 0 Å². The van der Waals surface area contributed by atoms with Crippen LogP contribution in [0.2, 0.25) is 0 Å². The van der Waals surface area contributed by atoms with Crippen molar-refractivity contribution in [3.8, 4) is 0 Å². The lowest BCUT2D eigenvalue weighted by atomic mass is 10.3. The van der Waals surface area contributed by atoms with Crippen LogP contribution in [0, 0.1) is 0 Å². The van der Waals surface area contributed by atoms with Crippen molar-refractivity contribution in [3.05, 3.63) is 0 Å². The maximum atomic E-state index is 2.47. The van der Waals surface area contributed by atoms with Crippen molar-refractivity contribution in [2.45, 2.75) is 21.2 Å². The number of hydrogen-bond acceptors (Lipinski definition) is 0. The highest BCUT2D eigenvalue weighted by Crippen LogP contribution is 2.17. The predicted molar refractivity (Wildman–Crippen MR) is 64.6 cm³/mol. The number of unbranched alkanes of at least 4 members (excludes halogenated alkanes) is 1. The second-order valence-corrected chi connectivity index (χ2v) is 8.05. The zero-order valence-electron chi connectivity index (χ0n) is 4.54. The third-order valence-electron chi connectivity index (χ3n) is 0.806. The van der Waals surface area contributed by atoms with E-state index in [1.165, 1.54) is 23.7 Å². The van der Waals surface area contributed by atoms with E-state index >= 15 is 0 Å². The molecule has 0 aromatic rings. The van der Waals surface area contributed by atoms with Crippen LogP contribution in [0.5, 0.6) is 0 Å². The molecular formula is C5H9I3. The first-order valence-electron chi connectivity index (χ1n) is 2.61. The largest absolute Gasteiger partial charge is 0.0864 e. The molecule has 0 radical (unpaired) electrons. The minimum atomic E-state index is 0.841. The van der Waals surface area contributed by atoms with Gasteiger partial charge in [0.25, 0.3) is 0 Å². The summed E-state index contributed by atoms with van der Waals surface area (Å²) < 4.78 is 2.16. The highest BCUT2D eigenvalue weighted by atomic mass is 127. The first-order valence-corrected chi connectivity index (χ1v) is 6.63. The van der Waals surface area contributed by atoms with Crippen LogP contribution < -0.4 is 0 Å². The highest BCUT2D eigenvalue weighted by Gasteiger charge is 1.94. The van der Waals surface area contributed by atoms with Gasteiger partial charge >= 0.3 is 0 Å². The molecule has 50 valence electrons. The molecule has 0 nitrogen and oxygen atoms in total. The van der Waals surface area contributed by atoms with E-state index < -0.39 is 0 Å². The molecule has 0 saturated carbocycles. The van der Waals surface area contributed by atoms with Crippen molar-refractivity contribution in [3.63, 3.8) is 0 Å². The lowest BCUT2D eigenvalue weighted by Gasteiger charge is -1.97. The molecule has 0 unspecified atom stereocenters. The van der Waals surface area contributed by atoms with Gasteiger partial charge in [0.05, 0.1) is 1.93 Å². The van der Waals surface area contributed by atoms with Crippen LogP contribution in [-0.2, 0) is 0 Å². The van der Waals surface area contributed by atoms with E-state index in [1.807, 2.05) is 0 Å². The van der Waals surface area contributed by atoms with Gasteiger partial charge in [-0.3, -0.25) is 0 Å². The number of hydrogen-bond donors (Lipinski definition) is 0. The molecule has 0 heterocycles. The molecule has 3 heteroatoms. The molecule has 0 N–H and O–H groups in total. The van der Waals surface area contributed by atoms with E-state index in [9.17, 15) is 0 Å². The van der Waals surface area contributed by atoms with Crippen LogP contribution in [-0.4, -0.2) is 6.36 Å². The maximum Gasteiger partial charge on any atom is 0.0626 e. The number of halogens is 3. The van der Waals surface area contributed by atoms with Crippen LogP contribution in [0.1, 0.15) is 19.3 Å². The van der Waals surface area contributed by atoms with Crippen LogP contribution in [0.25, 0.3) is 0 Å². The summed E-state index contributed by atoms with van der Waals surface area (Å²) in [5.74, 6) is 0. The Morgan fingerprint density at radius 3 is 2.12 bits per heavy atom. The zero-order valence-corrected chi connectivity index (χ0v) is 11.0. The van der Waals surface area contributed by atoms with E-state index in [0.717, 1.165) is 1.93 Å².